The van der Waals surface area contributed by atoms with Crippen LogP contribution in [0.2, 0.25) is 0 Å². The summed E-state index contributed by atoms with van der Waals surface area (Å²) in [4.78, 5) is 33.7. The van der Waals surface area contributed by atoms with Crippen LogP contribution in [0.15, 0.2) is 77.6 Å². The lowest BCUT2D eigenvalue weighted by atomic mass is 10.1. The quantitative estimate of drug-likeness (QED) is 0.252. The highest BCUT2D eigenvalue weighted by Crippen LogP contribution is 2.31. The van der Waals surface area contributed by atoms with Crippen molar-refractivity contribution in [3.05, 3.63) is 100 Å². The average molecular weight is 538 g/mol. The summed E-state index contributed by atoms with van der Waals surface area (Å²) in [6.07, 6.45) is -4.58. The Morgan fingerprint density at radius 2 is 1.69 bits per heavy atom. The molecule has 0 bridgehead atoms. The van der Waals surface area contributed by atoms with Gasteiger partial charge in [-0.25, -0.2) is 4.98 Å². The van der Waals surface area contributed by atoms with Crippen molar-refractivity contribution in [2.75, 3.05) is 13.2 Å². The van der Waals surface area contributed by atoms with Crippen molar-refractivity contribution in [2.24, 2.45) is 5.92 Å². The Hall–Kier alpha value is -4.14. The number of rotatable bonds is 8. The van der Waals surface area contributed by atoms with Gasteiger partial charge in [-0.05, 0) is 74.4 Å². The smallest absolute Gasteiger partial charge is 0.416 e. The van der Waals surface area contributed by atoms with Crippen LogP contribution < -0.4 is 10.3 Å². The van der Waals surface area contributed by atoms with Gasteiger partial charge in [0.1, 0.15) is 11.6 Å². The molecule has 1 heterocycles. The molecule has 1 aromatic heterocycles. The lowest BCUT2D eigenvalue weighted by molar-refractivity contribution is -0.137. The Morgan fingerprint density at radius 1 is 1.00 bits per heavy atom. The third-order valence-corrected chi connectivity index (χ3v) is 6.31. The highest BCUT2D eigenvalue weighted by Gasteiger charge is 2.33. The zero-order valence-corrected chi connectivity index (χ0v) is 22.2. The molecule has 0 fully saturated rings. The summed E-state index contributed by atoms with van der Waals surface area (Å²) in [5.74, 6) is 0.346. The Labute approximate surface area is 224 Å². The van der Waals surface area contributed by atoms with Crippen molar-refractivity contribution in [2.45, 2.75) is 39.9 Å². The summed E-state index contributed by atoms with van der Waals surface area (Å²) in [6, 6.07) is 17.5. The van der Waals surface area contributed by atoms with Crippen LogP contribution in [0.3, 0.4) is 0 Å². The van der Waals surface area contributed by atoms with Crippen molar-refractivity contribution in [3.63, 3.8) is 0 Å². The van der Waals surface area contributed by atoms with E-state index in [1.165, 1.54) is 21.6 Å². The summed E-state index contributed by atoms with van der Waals surface area (Å²) < 4.78 is 47.2. The molecule has 0 saturated heterocycles. The number of ether oxygens (including phenoxy) is 1. The van der Waals surface area contributed by atoms with Gasteiger partial charge in [-0.15, -0.1) is 0 Å². The number of amides is 1. The standard InChI is InChI=1S/C30H30F3N3O3/c1-5-39-24-15-13-23(14-16-24)36-27(34-26-12-7-6-11-25(26)29(36)38)20(4)35(18-19(2)3)28(37)21-9-8-10-22(17-21)30(31,32)33/h6-17,19-20H,5,18H2,1-4H3. The molecule has 0 N–H and O–H groups in total. The zero-order chi connectivity index (χ0) is 28.3. The highest BCUT2D eigenvalue weighted by molar-refractivity contribution is 5.94. The Kier molecular flexibility index (Phi) is 8.09. The van der Waals surface area contributed by atoms with E-state index in [2.05, 4.69) is 0 Å². The van der Waals surface area contributed by atoms with E-state index in [0.717, 1.165) is 12.1 Å². The van der Waals surface area contributed by atoms with Gasteiger partial charge in [0.25, 0.3) is 11.5 Å². The van der Waals surface area contributed by atoms with E-state index in [1.54, 1.807) is 55.5 Å². The summed E-state index contributed by atoms with van der Waals surface area (Å²) in [7, 11) is 0. The zero-order valence-electron chi connectivity index (χ0n) is 22.2. The molecule has 3 aromatic carbocycles. The third-order valence-electron chi connectivity index (χ3n) is 6.31. The first-order valence-electron chi connectivity index (χ1n) is 12.7. The predicted octanol–water partition coefficient (Wildman–Crippen LogP) is 6.66. The number of nitrogens with zero attached hydrogens (tertiary/aromatic N) is 3. The number of carbonyl (C=O) groups excluding carboxylic acids is 1. The molecule has 4 rings (SSSR count). The Bertz CT molecular complexity index is 1530. The van der Waals surface area contributed by atoms with Crippen LogP contribution in [-0.2, 0) is 6.18 Å². The SMILES string of the molecule is CCOc1ccc(-n2c(C(C)N(CC(C)C)C(=O)c3cccc(C(F)(F)F)c3)nc3ccccc3c2=O)cc1. The minimum absolute atomic E-state index is 0.00620. The highest BCUT2D eigenvalue weighted by atomic mass is 19.4. The van der Waals surface area contributed by atoms with Gasteiger partial charge in [-0.3, -0.25) is 14.2 Å². The number of benzene rings is 3. The molecule has 9 heteroatoms. The van der Waals surface area contributed by atoms with Gasteiger partial charge in [-0.1, -0.05) is 32.0 Å². The minimum atomic E-state index is -4.58. The molecule has 0 spiro atoms. The first kappa shape index (κ1) is 27.9. The molecule has 0 aliphatic heterocycles. The molecule has 0 saturated carbocycles. The number of halogens is 3. The maximum Gasteiger partial charge on any atom is 0.416 e. The largest absolute Gasteiger partial charge is 0.494 e. The molecule has 1 atom stereocenters. The van der Waals surface area contributed by atoms with E-state index < -0.39 is 23.7 Å². The summed E-state index contributed by atoms with van der Waals surface area (Å²) in [6.45, 7) is 8.15. The fraction of sp³-hybridized carbons (Fsp3) is 0.300. The molecule has 204 valence electrons. The number of para-hydroxylation sites is 1. The topological polar surface area (TPSA) is 64.4 Å². The molecule has 1 unspecified atom stereocenters. The maximum atomic E-state index is 13.8. The van der Waals surface area contributed by atoms with Gasteiger partial charge in [0.05, 0.1) is 34.8 Å². The molecular weight excluding hydrogens is 507 g/mol. The second-order valence-electron chi connectivity index (χ2n) is 9.66. The molecular formula is C30H30F3N3O3. The van der Waals surface area contributed by atoms with Gasteiger partial charge in [0.2, 0.25) is 0 Å². The lowest BCUT2D eigenvalue weighted by Gasteiger charge is -2.32. The van der Waals surface area contributed by atoms with Crippen molar-refractivity contribution in [1.29, 1.82) is 0 Å². The van der Waals surface area contributed by atoms with E-state index in [9.17, 15) is 22.8 Å². The second kappa shape index (κ2) is 11.3. The second-order valence-corrected chi connectivity index (χ2v) is 9.66. The van der Waals surface area contributed by atoms with E-state index in [1.807, 2.05) is 20.8 Å². The fourth-order valence-corrected chi connectivity index (χ4v) is 4.48. The number of alkyl halides is 3. The number of fused-ring (bicyclic) bond motifs is 1. The van der Waals surface area contributed by atoms with Gasteiger partial charge >= 0.3 is 6.18 Å². The van der Waals surface area contributed by atoms with Gasteiger partial charge in [-0.2, -0.15) is 13.2 Å². The van der Waals surface area contributed by atoms with Crippen molar-refractivity contribution < 1.29 is 22.7 Å². The number of aromatic nitrogens is 2. The monoisotopic (exact) mass is 537 g/mol. The first-order chi connectivity index (χ1) is 18.5. The van der Waals surface area contributed by atoms with Gasteiger partial charge in [0, 0.05) is 12.1 Å². The van der Waals surface area contributed by atoms with E-state index in [0.29, 0.717) is 34.8 Å². The van der Waals surface area contributed by atoms with Gasteiger partial charge in [0.15, 0.2) is 0 Å². The Balaban J connectivity index is 1.88. The first-order valence-corrected chi connectivity index (χ1v) is 12.7. The number of hydrogen-bond donors (Lipinski definition) is 0. The predicted molar refractivity (Wildman–Crippen MR) is 144 cm³/mol. The lowest BCUT2D eigenvalue weighted by Crippen LogP contribution is -2.39. The van der Waals surface area contributed by atoms with Crippen LogP contribution in [0.4, 0.5) is 13.2 Å². The molecule has 0 aliphatic carbocycles. The number of hydrogen-bond acceptors (Lipinski definition) is 4. The van der Waals surface area contributed by atoms with Crippen LogP contribution in [0.25, 0.3) is 16.6 Å². The summed E-state index contributed by atoms with van der Waals surface area (Å²) >= 11 is 0. The summed E-state index contributed by atoms with van der Waals surface area (Å²) in [5.41, 5.74) is -0.321. The van der Waals surface area contributed by atoms with Crippen molar-refractivity contribution in [3.8, 4) is 11.4 Å². The third kappa shape index (κ3) is 5.97. The molecule has 6 nitrogen and oxygen atoms in total. The fourth-order valence-electron chi connectivity index (χ4n) is 4.48. The average Bonchev–Trinajstić information content (AvgIpc) is 2.91. The molecule has 0 radical (unpaired) electrons. The normalized spacial score (nSPS) is 12.5. The maximum absolute atomic E-state index is 13.8. The van der Waals surface area contributed by atoms with E-state index in [-0.39, 0.29) is 23.6 Å². The van der Waals surface area contributed by atoms with Crippen molar-refractivity contribution in [1.82, 2.24) is 14.5 Å². The molecule has 39 heavy (non-hydrogen) atoms. The molecule has 1 amide bonds. The van der Waals surface area contributed by atoms with Crippen LogP contribution in [0, 0.1) is 5.92 Å². The van der Waals surface area contributed by atoms with Gasteiger partial charge < -0.3 is 9.64 Å². The minimum Gasteiger partial charge on any atom is -0.494 e. The van der Waals surface area contributed by atoms with E-state index in [4.69, 9.17) is 9.72 Å². The van der Waals surface area contributed by atoms with Crippen LogP contribution >= 0.6 is 0 Å². The Morgan fingerprint density at radius 3 is 2.33 bits per heavy atom. The van der Waals surface area contributed by atoms with Crippen LogP contribution in [0.1, 0.15) is 55.5 Å². The summed E-state index contributed by atoms with van der Waals surface area (Å²) in [5, 5.41) is 0.405. The molecule has 4 aromatic rings. The molecule has 0 aliphatic rings. The van der Waals surface area contributed by atoms with E-state index >= 15 is 0 Å². The van der Waals surface area contributed by atoms with Crippen LogP contribution in [0.5, 0.6) is 5.75 Å². The number of carbonyl (C=O) groups is 1. The van der Waals surface area contributed by atoms with Crippen molar-refractivity contribution >= 4 is 16.8 Å². The van der Waals surface area contributed by atoms with Crippen LogP contribution in [-0.4, -0.2) is 33.5 Å².